The molecule has 0 saturated carbocycles. The third-order valence-corrected chi connectivity index (χ3v) is 8.79. The first-order chi connectivity index (χ1) is 21.9. The SMILES string of the molecule is CC.CCC(C)c1ccnc2cc(-c3ccc(C4OCCO4)cn3)sc12.Cc1ccc2nc(Nc3ccc(C)c(F)c3)[nH]c2c1. The van der Waals surface area contributed by atoms with E-state index in [2.05, 4.69) is 51.2 Å². The number of pyridine rings is 2. The van der Waals surface area contributed by atoms with Gasteiger partial charge in [-0.25, -0.2) is 9.37 Å². The molecule has 1 unspecified atom stereocenters. The van der Waals surface area contributed by atoms with Gasteiger partial charge in [-0.2, -0.15) is 0 Å². The van der Waals surface area contributed by atoms with Gasteiger partial charge in [0.05, 0.1) is 45.0 Å². The number of imidazole rings is 1. The van der Waals surface area contributed by atoms with E-state index in [9.17, 15) is 4.39 Å². The average Bonchev–Trinajstić information content (AvgIpc) is 3.83. The molecule has 7 nitrogen and oxygen atoms in total. The molecule has 1 aliphatic heterocycles. The molecule has 1 aliphatic rings. The van der Waals surface area contributed by atoms with E-state index in [0.29, 0.717) is 36.3 Å². The van der Waals surface area contributed by atoms with Gasteiger partial charge < -0.3 is 19.8 Å². The lowest BCUT2D eigenvalue weighted by molar-refractivity contribution is -0.0443. The number of benzene rings is 2. The number of rotatable bonds is 6. The predicted octanol–water partition coefficient (Wildman–Crippen LogP) is 10.0. The van der Waals surface area contributed by atoms with E-state index in [-0.39, 0.29) is 12.1 Å². The monoisotopic (exact) mass is 625 g/mol. The van der Waals surface area contributed by atoms with E-state index in [0.717, 1.165) is 39.1 Å². The van der Waals surface area contributed by atoms with Crippen LogP contribution in [0.2, 0.25) is 0 Å². The van der Waals surface area contributed by atoms with E-state index in [1.165, 1.54) is 21.9 Å². The average molecular weight is 626 g/mol. The maximum atomic E-state index is 13.5. The zero-order valence-corrected chi connectivity index (χ0v) is 27.5. The molecule has 1 fully saturated rings. The number of nitrogens with one attached hydrogen (secondary N) is 2. The van der Waals surface area contributed by atoms with Crippen molar-refractivity contribution in [3.63, 3.8) is 0 Å². The van der Waals surface area contributed by atoms with Crippen LogP contribution >= 0.6 is 11.3 Å². The molecular formula is C36H40FN5O2S. The van der Waals surface area contributed by atoms with Gasteiger partial charge >= 0.3 is 0 Å². The maximum absolute atomic E-state index is 13.5. The number of H-pyrrole nitrogens is 1. The molecule has 45 heavy (non-hydrogen) atoms. The normalized spacial score (nSPS) is 13.7. The molecule has 4 aromatic heterocycles. The van der Waals surface area contributed by atoms with Crippen LogP contribution in [0.15, 0.2) is 73.1 Å². The van der Waals surface area contributed by atoms with E-state index < -0.39 is 0 Å². The summed E-state index contributed by atoms with van der Waals surface area (Å²) in [5.74, 6) is 0.926. The second-order valence-corrected chi connectivity index (χ2v) is 11.8. The lowest BCUT2D eigenvalue weighted by atomic mass is 9.99. The summed E-state index contributed by atoms with van der Waals surface area (Å²) in [7, 11) is 0. The Morgan fingerprint density at radius 2 is 1.78 bits per heavy atom. The Morgan fingerprint density at radius 3 is 2.49 bits per heavy atom. The van der Waals surface area contributed by atoms with Crippen LogP contribution < -0.4 is 5.32 Å². The lowest BCUT2D eigenvalue weighted by Gasteiger charge is -2.09. The Balaban J connectivity index is 0.000000173. The van der Waals surface area contributed by atoms with Gasteiger partial charge in [-0.1, -0.05) is 45.9 Å². The fourth-order valence-corrected chi connectivity index (χ4v) is 6.14. The second-order valence-electron chi connectivity index (χ2n) is 10.8. The van der Waals surface area contributed by atoms with Gasteiger partial charge in [-0.05, 0) is 85.3 Å². The van der Waals surface area contributed by atoms with Crippen LogP contribution in [0.25, 0.3) is 31.8 Å². The summed E-state index contributed by atoms with van der Waals surface area (Å²) < 4.78 is 25.8. The van der Waals surface area contributed by atoms with Crippen molar-refractivity contribution in [1.82, 2.24) is 19.9 Å². The van der Waals surface area contributed by atoms with Gasteiger partial charge in [0.1, 0.15) is 5.82 Å². The first-order valence-corrected chi connectivity index (χ1v) is 16.3. The number of ether oxygens (including phenoxy) is 2. The largest absolute Gasteiger partial charge is 0.346 e. The van der Waals surface area contributed by atoms with Crippen molar-refractivity contribution in [2.75, 3.05) is 18.5 Å². The smallest absolute Gasteiger partial charge is 0.205 e. The summed E-state index contributed by atoms with van der Waals surface area (Å²) in [5, 5.41) is 3.07. The number of nitrogens with zero attached hydrogens (tertiary/aromatic N) is 3. The van der Waals surface area contributed by atoms with Crippen molar-refractivity contribution in [2.45, 2.75) is 60.2 Å². The number of aromatic nitrogens is 4. The number of fused-ring (bicyclic) bond motifs is 2. The minimum atomic E-state index is -0.271. The van der Waals surface area contributed by atoms with E-state index in [1.54, 1.807) is 24.3 Å². The fourth-order valence-electron chi connectivity index (χ4n) is 4.92. The molecule has 0 aliphatic carbocycles. The zero-order valence-electron chi connectivity index (χ0n) is 26.6. The summed E-state index contributed by atoms with van der Waals surface area (Å²) in [6, 6.07) is 19.4. The van der Waals surface area contributed by atoms with Gasteiger partial charge in [0, 0.05) is 23.6 Å². The topological polar surface area (TPSA) is 84.9 Å². The van der Waals surface area contributed by atoms with Crippen LogP contribution in [0.5, 0.6) is 0 Å². The van der Waals surface area contributed by atoms with Crippen LogP contribution in [-0.2, 0) is 9.47 Å². The summed E-state index contributed by atoms with van der Waals surface area (Å²) in [6.07, 6.45) is 4.61. The Morgan fingerprint density at radius 1 is 0.978 bits per heavy atom. The van der Waals surface area contributed by atoms with Crippen LogP contribution in [0, 0.1) is 19.7 Å². The summed E-state index contributed by atoms with van der Waals surface area (Å²) in [6.45, 7) is 13.5. The number of thiophene rings is 1. The van der Waals surface area contributed by atoms with Crippen molar-refractivity contribution < 1.29 is 13.9 Å². The highest BCUT2D eigenvalue weighted by atomic mass is 32.1. The van der Waals surface area contributed by atoms with E-state index in [1.807, 2.05) is 69.6 Å². The van der Waals surface area contributed by atoms with Crippen LogP contribution in [0.3, 0.4) is 0 Å². The van der Waals surface area contributed by atoms with Crippen molar-refractivity contribution in [3.05, 3.63) is 101 Å². The number of anilines is 2. The van der Waals surface area contributed by atoms with Gasteiger partial charge in [-0.15, -0.1) is 11.3 Å². The highest BCUT2D eigenvalue weighted by Crippen LogP contribution is 2.37. The van der Waals surface area contributed by atoms with Crippen molar-refractivity contribution in [3.8, 4) is 10.6 Å². The third kappa shape index (κ3) is 7.56. The highest BCUT2D eigenvalue weighted by Gasteiger charge is 2.19. The lowest BCUT2D eigenvalue weighted by Crippen LogP contribution is -1.98. The molecular weight excluding hydrogens is 585 g/mol. The van der Waals surface area contributed by atoms with Crippen molar-refractivity contribution in [1.29, 1.82) is 0 Å². The quantitative estimate of drug-likeness (QED) is 0.192. The number of aryl methyl sites for hydroxylation is 2. The van der Waals surface area contributed by atoms with Crippen LogP contribution in [-0.4, -0.2) is 33.1 Å². The van der Waals surface area contributed by atoms with Crippen LogP contribution in [0.1, 0.15) is 68.6 Å². The minimum Gasteiger partial charge on any atom is -0.346 e. The summed E-state index contributed by atoms with van der Waals surface area (Å²) in [5.41, 5.74) is 8.71. The Hall–Kier alpha value is -4.18. The van der Waals surface area contributed by atoms with Gasteiger partial charge in [-0.3, -0.25) is 9.97 Å². The minimum absolute atomic E-state index is 0.225. The van der Waals surface area contributed by atoms with Crippen LogP contribution in [0.4, 0.5) is 16.0 Å². The molecule has 1 atom stereocenters. The molecule has 1 saturated heterocycles. The summed E-state index contributed by atoms with van der Waals surface area (Å²) in [4.78, 5) is 17.9. The number of aromatic amines is 1. The predicted molar refractivity (Wildman–Crippen MR) is 183 cm³/mol. The molecule has 5 heterocycles. The molecule has 234 valence electrons. The molecule has 0 amide bonds. The third-order valence-electron chi connectivity index (χ3n) is 7.59. The molecule has 6 aromatic rings. The number of hydrogen-bond acceptors (Lipinski definition) is 7. The molecule has 7 rings (SSSR count). The summed E-state index contributed by atoms with van der Waals surface area (Å²) >= 11 is 1.77. The first kappa shape index (κ1) is 32.2. The van der Waals surface area contributed by atoms with E-state index in [4.69, 9.17) is 9.47 Å². The van der Waals surface area contributed by atoms with E-state index >= 15 is 0 Å². The van der Waals surface area contributed by atoms with Gasteiger partial charge in [0.15, 0.2) is 6.29 Å². The Bertz CT molecular complexity index is 1860. The van der Waals surface area contributed by atoms with Crippen molar-refractivity contribution in [2.24, 2.45) is 0 Å². The maximum Gasteiger partial charge on any atom is 0.205 e. The number of hydrogen-bond donors (Lipinski definition) is 2. The molecule has 0 radical (unpaired) electrons. The second kappa shape index (κ2) is 14.7. The standard InChI is InChI=1S/C19H20N2O2S.C15H14FN3.C2H6/c1-3-12(2)14-6-7-20-16-10-17(24-18(14)16)15-5-4-13(11-21-15)19-22-8-9-23-19;1-9-3-6-13-14(7-9)19-15(18-13)17-11-5-4-10(2)12(16)8-11;1-2/h4-7,10-12,19H,3,8-9H2,1-2H3;3-8H,1-2H3,(H2,17,18,19);1-2H3. The molecule has 0 spiro atoms. The first-order valence-electron chi connectivity index (χ1n) is 15.5. The van der Waals surface area contributed by atoms with Gasteiger partial charge in [0.25, 0.3) is 0 Å². The molecule has 2 aromatic carbocycles. The highest BCUT2D eigenvalue weighted by molar-refractivity contribution is 7.22. The van der Waals surface area contributed by atoms with Crippen molar-refractivity contribution >= 4 is 44.2 Å². The van der Waals surface area contributed by atoms with Gasteiger partial charge in [0.2, 0.25) is 5.95 Å². The number of halogens is 1. The molecule has 0 bridgehead atoms. The molecule has 9 heteroatoms. The Kier molecular flexibility index (Phi) is 10.5. The molecule has 2 N–H and O–H groups in total. The zero-order chi connectivity index (χ0) is 31.9. The Labute approximate surface area is 267 Å². The fraction of sp³-hybridized carbons (Fsp3) is 0.306.